The standard InChI is InChI=1S/C24H26F3N5O5S/c1-14-10-18(36-3)11-15(2)21(14)38(34,35)13-19-30-23(37-31-19)22(33)29-17-6-8-32(9-7-17)20-5-4-16(12-28-20)24(25,26)27/h4-5,10-12,17H,6-9,13H2,1-3H3,(H,29,33). The lowest BCUT2D eigenvalue weighted by Crippen LogP contribution is -2.45. The molecule has 10 nitrogen and oxygen atoms in total. The van der Waals surface area contributed by atoms with Crippen LogP contribution in [0.3, 0.4) is 0 Å². The van der Waals surface area contributed by atoms with Gasteiger partial charge in [0.1, 0.15) is 17.3 Å². The highest BCUT2D eigenvalue weighted by molar-refractivity contribution is 7.90. The van der Waals surface area contributed by atoms with Gasteiger partial charge in [-0.25, -0.2) is 13.4 Å². The maximum Gasteiger partial charge on any atom is 0.417 e. The molecule has 1 aliphatic rings. The molecule has 0 radical (unpaired) electrons. The molecule has 14 heteroatoms. The van der Waals surface area contributed by atoms with Gasteiger partial charge in [0.05, 0.1) is 17.6 Å². The molecule has 0 unspecified atom stereocenters. The Morgan fingerprint density at radius 1 is 1.18 bits per heavy atom. The number of piperidine rings is 1. The molecule has 0 atom stereocenters. The summed E-state index contributed by atoms with van der Waals surface area (Å²) >= 11 is 0. The van der Waals surface area contributed by atoms with Gasteiger partial charge in [-0.15, -0.1) is 0 Å². The lowest BCUT2D eigenvalue weighted by molar-refractivity contribution is -0.137. The van der Waals surface area contributed by atoms with Crippen LogP contribution in [0.25, 0.3) is 0 Å². The van der Waals surface area contributed by atoms with Gasteiger partial charge in [0.2, 0.25) is 0 Å². The fourth-order valence-electron chi connectivity index (χ4n) is 4.41. The van der Waals surface area contributed by atoms with Gasteiger partial charge in [-0.3, -0.25) is 4.79 Å². The highest BCUT2D eigenvalue weighted by Gasteiger charge is 2.31. The average Bonchev–Trinajstić information content (AvgIpc) is 3.31. The van der Waals surface area contributed by atoms with Crippen LogP contribution >= 0.6 is 0 Å². The minimum absolute atomic E-state index is 0.142. The summed E-state index contributed by atoms with van der Waals surface area (Å²) in [7, 11) is -2.33. The second-order valence-corrected chi connectivity index (χ2v) is 10.9. The normalized spacial score (nSPS) is 14.9. The number of amides is 1. The number of nitrogens with zero attached hydrogens (tertiary/aromatic N) is 4. The number of aromatic nitrogens is 3. The number of halogens is 3. The Kier molecular flexibility index (Phi) is 7.63. The summed E-state index contributed by atoms with van der Waals surface area (Å²) in [5.41, 5.74) is 0.215. The van der Waals surface area contributed by atoms with Crippen molar-refractivity contribution < 1.29 is 35.6 Å². The fourth-order valence-corrected chi connectivity index (χ4v) is 6.11. The highest BCUT2D eigenvalue weighted by atomic mass is 32.2. The summed E-state index contributed by atoms with van der Waals surface area (Å²) in [4.78, 5) is 22.5. The van der Waals surface area contributed by atoms with Crippen LogP contribution in [-0.4, -0.2) is 55.7 Å². The Hall–Kier alpha value is -3.68. The van der Waals surface area contributed by atoms with Crippen molar-refractivity contribution in [3.05, 3.63) is 58.9 Å². The van der Waals surface area contributed by atoms with Gasteiger partial charge in [0, 0.05) is 25.3 Å². The monoisotopic (exact) mass is 553 g/mol. The summed E-state index contributed by atoms with van der Waals surface area (Å²) in [6, 6.07) is 5.31. The highest BCUT2D eigenvalue weighted by Crippen LogP contribution is 2.30. The van der Waals surface area contributed by atoms with Crippen LogP contribution in [0, 0.1) is 13.8 Å². The molecule has 1 aromatic carbocycles. The number of ether oxygens (including phenoxy) is 1. The van der Waals surface area contributed by atoms with Crippen LogP contribution < -0.4 is 15.0 Å². The first-order valence-corrected chi connectivity index (χ1v) is 13.3. The average molecular weight is 554 g/mol. The van der Waals surface area contributed by atoms with Crippen molar-refractivity contribution >= 4 is 21.6 Å². The van der Waals surface area contributed by atoms with Crippen molar-refractivity contribution in [1.82, 2.24) is 20.4 Å². The number of rotatable bonds is 7. The zero-order valence-electron chi connectivity index (χ0n) is 20.9. The molecular weight excluding hydrogens is 527 g/mol. The molecule has 3 aromatic rings. The molecule has 1 aliphatic heterocycles. The zero-order valence-corrected chi connectivity index (χ0v) is 21.7. The minimum Gasteiger partial charge on any atom is -0.497 e. The van der Waals surface area contributed by atoms with Crippen LogP contribution in [-0.2, 0) is 21.8 Å². The molecule has 2 aromatic heterocycles. The Bertz CT molecular complexity index is 1390. The Balaban J connectivity index is 1.34. The SMILES string of the molecule is COc1cc(C)c(S(=O)(=O)Cc2noc(C(=O)NC3CCN(c4ccc(C(F)(F)F)cn4)CC3)n2)c(C)c1. The van der Waals surface area contributed by atoms with E-state index in [0.717, 1.165) is 12.3 Å². The number of pyridine rings is 1. The number of carbonyl (C=O) groups is 1. The quantitative estimate of drug-likeness (QED) is 0.468. The van der Waals surface area contributed by atoms with Gasteiger partial charge in [-0.2, -0.15) is 18.2 Å². The van der Waals surface area contributed by atoms with Gasteiger partial charge in [-0.05, 0) is 62.1 Å². The van der Waals surface area contributed by atoms with E-state index >= 15 is 0 Å². The molecule has 0 saturated carbocycles. The Morgan fingerprint density at radius 2 is 1.84 bits per heavy atom. The molecule has 0 spiro atoms. The van der Waals surface area contributed by atoms with Crippen molar-refractivity contribution in [2.45, 2.75) is 49.6 Å². The van der Waals surface area contributed by atoms with Gasteiger partial charge < -0.3 is 19.5 Å². The Labute approximate surface area is 217 Å². The van der Waals surface area contributed by atoms with Crippen molar-refractivity contribution in [3.63, 3.8) is 0 Å². The van der Waals surface area contributed by atoms with Crippen molar-refractivity contribution in [2.75, 3.05) is 25.1 Å². The number of aryl methyl sites for hydroxylation is 2. The first-order chi connectivity index (χ1) is 17.9. The summed E-state index contributed by atoms with van der Waals surface area (Å²) in [5, 5.41) is 6.44. The van der Waals surface area contributed by atoms with Crippen molar-refractivity contribution in [2.24, 2.45) is 0 Å². The van der Waals surface area contributed by atoms with Crippen LogP contribution in [0.5, 0.6) is 5.75 Å². The number of alkyl halides is 3. The van der Waals surface area contributed by atoms with E-state index in [-0.39, 0.29) is 22.7 Å². The van der Waals surface area contributed by atoms with E-state index in [1.807, 2.05) is 4.90 Å². The van der Waals surface area contributed by atoms with E-state index in [4.69, 9.17) is 9.26 Å². The van der Waals surface area contributed by atoms with Crippen molar-refractivity contribution in [3.8, 4) is 5.75 Å². The number of benzene rings is 1. The lowest BCUT2D eigenvalue weighted by Gasteiger charge is -2.33. The number of anilines is 1. The molecule has 3 heterocycles. The van der Waals surface area contributed by atoms with Gasteiger partial charge in [-0.1, -0.05) is 5.16 Å². The maximum atomic E-state index is 13.0. The Morgan fingerprint density at radius 3 is 2.39 bits per heavy atom. The molecule has 1 saturated heterocycles. The van der Waals surface area contributed by atoms with Crippen molar-refractivity contribution in [1.29, 1.82) is 0 Å². The molecule has 1 N–H and O–H groups in total. The van der Waals surface area contributed by atoms with Crippen LogP contribution in [0.1, 0.15) is 46.0 Å². The lowest BCUT2D eigenvalue weighted by atomic mass is 10.0. The van der Waals surface area contributed by atoms with Gasteiger partial charge in [0.25, 0.3) is 0 Å². The number of hydrogen-bond acceptors (Lipinski definition) is 9. The summed E-state index contributed by atoms with van der Waals surface area (Å²) in [5.74, 6) is -0.718. The van der Waals surface area contributed by atoms with Gasteiger partial charge >= 0.3 is 18.0 Å². The third-order valence-electron chi connectivity index (χ3n) is 6.19. The smallest absolute Gasteiger partial charge is 0.417 e. The van der Waals surface area contributed by atoms with E-state index in [1.54, 1.807) is 26.0 Å². The fraction of sp³-hybridized carbons (Fsp3) is 0.417. The number of nitrogens with one attached hydrogen (secondary N) is 1. The molecule has 204 valence electrons. The molecular formula is C24H26F3N5O5S. The summed E-state index contributed by atoms with van der Waals surface area (Å²) in [6.07, 6.45) is -2.62. The number of sulfone groups is 1. The maximum absolute atomic E-state index is 13.0. The van der Waals surface area contributed by atoms with E-state index in [1.165, 1.54) is 13.2 Å². The second-order valence-electron chi connectivity index (χ2n) is 9.00. The molecule has 1 amide bonds. The predicted molar refractivity (Wildman–Crippen MR) is 130 cm³/mol. The predicted octanol–water partition coefficient (Wildman–Crippen LogP) is 3.48. The van der Waals surface area contributed by atoms with Crippen LogP contribution in [0.15, 0.2) is 39.9 Å². The molecule has 4 rings (SSSR count). The van der Waals surface area contributed by atoms with Crippen LogP contribution in [0.2, 0.25) is 0 Å². The molecule has 0 bridgehead atoms. The van der Waals surface area contributed by atoms with E-state index in [2.05, 4.69) is 20.4 Å². The third kappa shape index (κ3) is 6.06. The second kappa shape index (κ2) is 10.6. The van der Waals surface area contributed by atoms with E-state index < -0.39 is 33.2 Å². The topological polar surface area (TPSA) is 128 Å². The summed E-state index contributed by atoms with van der Waals surface area (Å²) < 4.78 is 74.5. The number of methoxy groups -OCH3 is 1. The third-order valence-corrected chi connectivity index (χ3v) is 8.10. The first kappa shape index (κ1) is 27.4. The first-order valence-electron chi connectivity index (χ1n) is 11.7. The largest absolute Gasteiger partial charge is 0.497 e. The minimum atomic E-state index is -4.45. The zero-order chi connectivity index (χ0) is 27.7. The number of carbonyl (C=O) groups excluding carboxylic acids is 1. The van der Waals surface area contributed by atoms with Gasteiger partial charge in [0.15, 0.2) is 15.7 Å². The number of hydrogen-bond donors (Lipinski definition) is 1. The summed E-state index contributed by atoms with van der Waals surface area (Å²) in [6.45, 7) is 4.27. The van der Waals surface area contributed by atoms with E-state index in [9.17, 15) is 26.4 Å². The molecule has 0 aliphatic carbocycles. The van der Waals surface area contributed by atoms with Crippen LogP contribution in [0.4, 0.5) is 19.0 Å². The molecule has 38 heavy (non-hydrogen) atoms. The van der Waals surface area contributed by atoms with E-state index in [0.29, 0.717) is 48.6 Å². The molecule has 1 fully saturated rings.